The van der Waals surface area contributed by atoms with Crippen molar-refractivity contribution in [2.45, 2.75) is 50.6 Å². The highest BCUT2D eigenvalue weighted by atomic mass is 19.1. The monoisotopic (exact) mass is 318 g/mol. The minimum absolute atomic E-state index is 0.0387. The Kier molecular flexibility index (Phi) is 4.64. The number of hydrogen-bond donors (Lipinski definition) is 1. The average molecular weight is 318 g/mol. The van der Waals surface area contributed by atoms with E-state index in [0.29, 0.717) is 18.4 Å². The van der Waals surface area contributed by atoms with Crippen molar-refractivity contribution >= 4 is 11.8 Å². The highest BCUT2D eigenvalue weighted by molar-refractivity contribution is 5.85. The summed E-state index contributed by atoms with van der Waals surface area (Å²) in [5.74, 6) is -0.847. The van der Waals surface area contributed by atoms with Gasteiger partial charge in [0.2, 0.25) is 11.8 Å². The fourth-order valence-corrected chi connectivity index (χ4v) is 3.83. The van der Waals surface area contributed by atoms with Crippen LogP contribution in [0.15, 0.2) is 24.3 Å². The summed E-state index contributed by atoms with van der Waals surface area (Å²) in [7, 11) is 1.66. The summed E-state index contributed by atoms with van der Waals surface area (Å²) >= 11 is 0. The van der Waals surface area contributed by atoms with Gasteiger partial charge >= 0.3 is 0 Å². The van der Waals surface area contributed by atoms with Crippen LogP contribution in [-0.2, 0) is 9.59 Å². The summed E-state index contributed by atoms with van der Waals surface area (Å²) in [5, 5.41) is 3.10. The van der Waals surface area contributed by atoms with Gasteiger partial charge in [0.15, 0.2) is 0 Å². The normalized spacial score (nSPS) is 25.7. The minimum Gasteiger partial charge on any atom is -0.353 e. The molecule has 1 heterocycles. The molecule has 1 N–H and O–H groups in total. The molecule has 2 atom stereocenters. The van der Waals surface area contributed by atoms with Crippen molar-refractivity contribution in [2.24, 2.45) is 5.92 Å². The minimum atomic E-state index is -0.529. The molecular weight excluding hydrogens is 295 g/mol. The van der Waals surface area contributed by atoms with E-state index in [2.05, 4.69) is 5.32 Å². The number of nitrogens with one attached hydrogen (secondary N) is 1. The molecule has 1 saturated carbocycles. The molecule has 0 spiro atoms. The highest BCUT2D eigenvalue weighted by Gasteiger charge is 2.40. The van der Waals surface area contributed by atoms with Crippen molar-refractivity contribution < 1.29 is 14.0 Å². The van der Waals surface area contributed by atoms with Crippen LogP contribution in [0.1, 0.15) is 50.1 Å². The smallest absolute Gasteiger partial charge is 0.225 e. The number of rotatable bonds is 3. The predicted octanol–water partition coefficient (Wildman–Crippen LogP) is 2.79. The molecule has 5 heteroatoms. The molecule has 1 aromatic rings. The number of hydrogen-bond acceptors (Lipinski definition) is 2. The molecule has 1 aliphatic carbocycles. The molecule has 23 heavy (non-hydrogen) atoms. The van der Waals surface area contributed by atoms with E-state index in [0.717, 1.165) is 25.7 Å². The maximum absolute atomic E-state index is 14.2. The van der Waals surface area contributed by atoms with Crippen LogP contribution >= 0.6 is 0 Å². The lowest BCUT2D eigenvalue weighted by molar-refractivity contribution is -0.142. The van der Waals surface area contributed by atoms with Gasteiger partial charge < -0.3 is 10.2 Å². The van der Waals surface area contributed by atoms with Gasteiger partial charge in [-0.3, -0.25) is 9.59 Å². The van der Waals surface area contributed by atoms with Crippen LogP contribution in [0.4, 0.5) is 4.39 Å². The summed E-state index contributed by atoms with van der Waals surface area (Å²) < 4.78 is 14.2. The van der Waals surface area contributed by atoms with E-state index >= 15 is 0 Å². The third-order valence-electron chi connectivity index (χ3n) is 5.12. The Morgan fingerprint density at radius 1 is 1.22 bits per heavy atom. The van der Waals surface area contributed by atoms with E-state index in [1.54, 1.807) is 25.2 Å². The molecule has 0 bridgehead atoms. The van der Waals surface area contributed by atoms with E-state index in [4.69, 9.17) is 0 Å². The van der Waals surface area contributed by atoms with Gasteiger partial charge in [-0.1, -0.05) is 31.0 Å². The molecule has 1 aromatic carbocycles. The van der Waals surface area contributed by atoms with E-state index < -0.39 is 12.0 Å². The molecule has 0 radical (unpaired) electrons. The quantitative estimate of drug-likeness (QED) is 0.931. The summed E-state index contributed by atoms with van der Waals surface area (Å²) in [6.07, 6.45) is 5.12. The molecule has 1 aliphatic heterocycles. The van der Waals surface area contributed by atoms with Crippen LogP contribution in [0.5, 0.6) is 0 Å². The Labute approximate surface area is 136 Å². The number of piperidine rings is 1. The number of benzene rings is 1. The molecular formula is C18H23FN2O2. The SMILES string of the molecule is CN1C(=O)CC[C@H](C(=O)NC2CCCC2)[C@H]1c1ccccc1F. The second kappa shape index (κ2) is 6.69. The topological polar surface area (TPSA) is 49.4 Å². The van der Waals surface area contributed by atoms with Crippen molar-refractivity contribution in [3.8, 4) is 0 Å². The molecule has 124 valence electrons. The lowest BCUT2D eigenvalue weighted by Crippen LogP contribution is -2.48. The standard InChI is InChI=1S/C18H23FN2O2/c1-21-16(22)11-10-14(18(23)20-12-6-2-3-7-12)17(21)13-8-4-5-9-15(13)19/h4-5,8-9,12,14,17H,2-3,6-7,10-11H2,1H3,(H,20,23)/t14-,17+/m0/s1. The third kappa shape index (κ3) is 3.23. The predicted molar refractivity (Wildman–Crippen MR) is 85.0 cm³/mol. The Morgan fingerprint density at radius 3 is 2.61 bits per heavy atom. The second-order valence-corrected chi connectivity index (χ2v) is 6.61. The van der Waals surface area contributed by atoms with Crippen molar-refractivity contribution in [1.82, 2.24) is 10.2 Å². The van der Waals surface area contributed by atoms with Gasteiger partial charge in [-0.2, -0.15) is 0 Å². The number of amides is 2. The fourth-order valence-electron chi connectivity index (χ4n) is 3.83. The lowest BCUT2D eigenvalue weighted by atomic mass is 9.83. The fraction of sp³-hybridized carbons (Fsp3) is 0.556. The van der Waals surface area contributed by atoms with Gasteiger partial charge in [0.05, 0.1) is 12.0 Å². The van der Waals surface area contributed by atoms with Crippen LogP contribution in [0.25, 0.3) is 0 Å². The maximum Gasteiger partial charge on any atom is 0.225 e. The second-order valence-electron chi connectivity index (χ2n) is 6.61. The number of likely N-dealkylation sites (tertiary alicyclic amines) is 1. The summed E-state index contributed by atoms with van der Waals surface area (Å²) in [5.41, 5.74) is 0.426. The maximum atomic E-state index is 14.2. The van der Waals surface area contributed by atoms with Gasteiger partial charge in [0.25, 0.3) is 0 Å². The molecule has 2 aliphatic rings. The van der Waals surface area contributed by atoms with Crippen molar-refractivity contribution in [3.63, 3.8) is 0 Å². The lowest BCUT2D eigenvalue weighted by Gasteiger charge is -2.39. The Balaban J connectivity index is 1.85. The van der Waals surface area contributed by atoms with Gasteiger partial charge in [0.1, 0.15) is 5.82 Å². The third-order valence-corrected chi connectivity index (χ3v) is 5.12. The largest absolute Gasteiger partial charge is 0.353 e. The van der Waals surface area contributed by atoms with Crippen LogP contribution in [0, 0.1) is 11.7 Å². The zero-order valence-electron chi connectivity index (χ0n) is 13.4. The molecule has 2 fully saturated rings. The molecule has 1 saturated heterocycles. The van der Waals surface area contributed by atoms with Crippen molar-refractivity contribution in [3.05, 3.63) is 35.6 Å². The average Bonchev–Trinajstić information content (AvgIpc) is 3.03. The van der Waals surface area contributed by atoms with E-state index in [9.17, 15) is 14.0 Å². The molecule has 0 aromatic heterocycles. The first-order chi connectivity index (χ1) is 11.1. The molecule has 4 nitrogen and oxygen atoms in total. The van der Waals surface area contributed by atoms with Crippen molar-refractivity contribution in [1.29, 1.82) is 0 Å². The zero-order valence-corrected chi connectivity index (χ0v) is 13.4. The Morgan fingerprint density at radius 2 is 1.91 bits per heavy atom. The van der Waals surface area contributed by atoms with E-state index in [-0.39, 0.29) is 23.7 Å². The van der Waals surface area contributed by atoms with Gasteiger partial charge in [-0.05, 0) is 25.3 Å². The first kappa shape index (κ1) is 16.0. The van der Waals surface area contributed by atoms with Crippen molar-refractivity contribution in [2.75, 3.05) is 7.05 Å². The van der Waals surface area contributed by atoms with Crippen LogP contribution in [-0.4, -0.2) is 29.8 Å². The zero-order chi connectivity index (χ0) is 16.4. The van der Waals surface area contributed by atoms with Gasteiger partial charge in [-0.15, -0.1) is 0 Å². The Hall–Kier alpha value is -1.91. The van der Waals surface area contributed by atoms with Gasteiger partial charge in [0, 0.05) is 25.1 Å². The van der Waals surface area contributed by atoms with E-state index in [1.165, 1.54) is 11.0 Å². The van der Waals surface area contributed by atoms with Crippen LogP contribution < -0.4 is 5.32 Å². The van der Waals surface area contributed by atoms with E-state index in [1.807, 2.05) is 0 Å². The first-order valence-corrected chi connectivity index (χ1v) is 8.38. The summed E-state index contributed by atoms with van der Waals surface area (Å²) in [4.78, 5) is 26.3. The highest BCUT2D eigenvalue weighted by Crippen LogP contribution is 2.37. The number of nitrogens with zero attached hydrogens (tertiary/aromatic N) is 1. The molecule has 2 amide bonds. The molecule has 3 rings (SSSR count). The first-order valence-electron chi connectivity index (χ1n) is 8.38. The number of carbonyl (C=O) groups is 2. The number of halogens is 1. The number of carbonyl (C=O) groups excluding carboxylic acids is 2. The Bertz CT molecular complexity index is 598. The summed E-state index contributed by atoms with van der Waals surface area (Å²) in [6.45, 7) is 0. The molecule has 0 unspecified atom stereocenters. The summed E-state index contributed by atoms with van der Waals surface area (Å²) in [6, 6.07) is 6.12. The van der Waals surface area contributed by atoms with Crippen LogP contribution in [0.3, 0.4) is 0 Å². The van der Waals surface area contributed by atoms with Crippen LogP contribution in [0.2, 0.25) is 0 Å². The van der Waals surface area contributed by atoms with Gasteiger partial charge in [-0.25, -0.2) is 4.39 Å².